The molecule has 0 unspecified atom stereocenters. The zero-order chi connectivity index (χ0) is 8.55. The summed E-state index contributed by atoms with van der Waals surface area (Å²) in [6.45, 7) is 1.13. The maximum absolute atomic E-state index is 7.83. The summed E-state index contributed by atoms with van der Waals surface area (Å²) < 4.78 is 0. The van der Waals surface area contributed by atoms with E-state index in [1.165, 1.54) is 32.1 Å². The monoisotopic (exact) mass is 166 g/mol. The van der Waals surface area contributed by atoms with E-state index in [0.717, 1.165) is 18.3 Å². The Morgan fingerprint density at radius 1 is 1.33 bits per heavy atom. The lowest BCUT2D eigenvalue weighted by Crippen LogP contribution is -2.34. The first-order valence-corrected chi connectivity index (χ1v) is 5.07. The Kier molecular flexibility index (Phi) is 2.07. The van der Waals surface area contributed by atoms with Gasteiger partial charge in [0.1, 0.15) is 0 Å². The van der Waals surface area contributed by atoms with Gasteiger partial charge in [0.15, 0.2) is 0 Å². The summed E-state index contributed by atoms with van der Waals surface area (Å²) in [7, 11) is 2.08. The fourth-order valence-electron chi connectivity index (χ4n) is 1.83. The minimum absolute atomic E-state index is 0.620. The lowest BCUT2D eigenvalue weighted by atomic mass is 9.85. The Labute approximate surface area is 74.5 Å². The van der Waals surface area contributed by atoms with Crippen LogP contribution in [-0.4, -0.2) is 24.3 Å². The molecule has 0 aromatic rings. The number of nitrogens with one attached hydrogen (secondary N) is 1. The lowest BCUT2D eigenvalue weighted by molar-refractivity contribution is 0.255. The third kappa shape index (κ3) is 1.62. The van der Waals surface area contributed by atoms with Crippen LogP contribution in [0.3, 0.4) is 0 Å². The molecule has 68 valence electrons. The summed E-state index contributed by atoms with van der Waals surface area (Å²) in [5.41, 5.74) is 0. The van der Waals surface area contributed by atoms with Gasteiger partial charge in [-0.3, -0.25) is 5.41 Å². The van der Waals surface area contributed by atoms with Crippen molar-refractivity contribution in [2.24, 2.45) is 11.8 Å². The maximum Gasteiger partial charge on any atom is 0.0986 e. The van der Waals surface area contributed by atoms with Crippen molar-refractivity contribution in [2.75, 3.05) is 13.6 Å². The maximum atomic E-state index is 7.83. The highest BCUT2D eigenvalue weighted by Gasteiger charge is 2.30. The van der Waals surface area contributed by atoms with Gasteiger partial charge in [-0.2, -0.15) is 0 Å². The molecule has 0 bridgehead atoms. The number of nitrogens with zero attached hydrogens (tertiary/aromatic N) is 1. The van der Waals surface area contributed by atoms with Crippen LogP contribution >= 0.6 is 0 Å². The Balaban J connectivity index is 1.74. The highest BCUT2D eigenvalue weighted by atomic mass is 15.1. The van der Waals surface area contributed by atoms with Crippen molar-refractivity contribution in [3.8, 4) is 0 Å². The van der Waals surface area contributed by atoms with Crippen LogP contribution in [0.25, 0.3) is 0 Å². The third-order valence-electron chi connectivity index (χ3n) is 3.13. The van der Waals surface area contributed by atoms with Gasteiger partial charge in [-0.1, -0.05) is 6.42 Å². The standard InChI is InChI=1S/C10H18N2/c1-12(7-8-3-2-4-8)10(11)9-5-6-9/h8-9,11H,2-7H2,1H3. The molecule has 0 spiro atoms. The van der Waals surface area contributed by atoms with Gasteiger partial charge in [-0.25, -0.2) is 0 Å². The molecule has 12 heavy (non-hydrogen) atoms. The molecular formula is C10H18N2. The summed E-state index contributed by atoms with van der Waals surface area (Å²) >= 11 is 0. The average molecular weight is 166 g/mol. The molecule has 2 nitrogen and oxygen atoms in total. The minimum atomic E-state index is 0.620. The van der Waals surface area contributed by atoms with Crippen molar-refractivity contribution in [3.05, 3.63) is 0 Å². The third-order valence-corrected chi connectivity index (χ3v) is 3.13. The normalized spacial score (nSPS) is 23.4. The van der Waals surface area contributed by atoms with Gasteiger partial charge in [-0.15, -0.1) is 0 Å². The molecular weight excluding hydrogens is 148 g/mol. The van der Waals surface area contributed by atoms with E-state index in [2.05, 4.69) is 11.9 Å². The van der Waals surface area contributed by atoms with Crippen molar-refractivity contribution in [1.82, 2.24) is 4.90 Å². The Morgan fingerprint density at radius 2 is 2.00 bits per heavy atom. The van der Waals surface area contributed by atoms with Gasteiger partial charge in [0.25, 0.3) is 0 Å². The van der Waals surface area contributed by atoms with Crippen LogP contribution in [0.4, 0.5) is 0 Å². The number of rotatable bonds is 3. The van der Waals surface area contributed by atoms with Crippen molar-refractivity contribution in [2.45, 2.75) is 32.1 Å². The molecule has 2 fully saturated rings. The van der Waals surface area contributed by atoms with Crippen molar-refractivity contribution >= 4 is 5.84 Å². The molecule has 0 aromatic heterocycles. The highest BCUT2D eigenvalue weighted by molar-refractivity contribution is 5.83. The minimum Gasteiger partial charge on any atom is -0.363 e. The summed E-state index contributed by atoms with van der Waals surface area (Å²) in [5, 5.41) is 7.83. The van der Waals surface area contributed by atoms with E-state index in [1.807, 2.05) is 0 Å². The molecule has 2 saturated carbocycles. The van der Waals surface area contributed by atoms with E-state index in [0.29, 0.717) is 5.92 Å². The van der Waals surface area contributed by atoms with Crippen LogP contribution in [-0.2, 0) is 0 Å². The summed E-state index contributed by atoms with van der Waals surface area (Å²) in [5.74, 6) is 2.41. The van der Waals surface area contributed by atoms with Gasteiger partial charge < -0.3 is 4.90 Å². The van der Waals surface area contributed by atoms with Crippen molar-refractivity contribution in [3.63, 3.8) is 0 Å². The smallest absolute Gasteiger partial charge is 0.0986 e. The second kappa shape index (κ2) is 3.08. The first-order chi connectivity index (χ1) is 5.77. The zero-order valence-corrected chi connectivity index (χ0v) is 7.84. The van der Waals surface area contributed by atoms with E-state index in [1.54, 1.807) is 0 Å². The molecule has 0 saturated heterocycles. The summed E-state index contributed by atoms with van der Waals surface area (Å²) in [6, 6.07) is 0. The fourth-order valence-corrected chi connectivity index (χ4v) is 1.83. The molecule has 2 rings (SSSR count). The molecule has 2 aliphatic carbocycles. The summed E-state index contributed by atoms with van der Waals surface area (Å²) in [6.07, 6.45) is 6.71. The van der Waals surface area contributed by atoms with E-state index in [9.17, 15) is 0 Å². The topological polar surface area (TPSA) is 27.1 Å². The quantitative estimate of drug-likeness (QED) is 0.504. The molecule has 0 aromatic carbocycles. The first kappa shape index (κ1) is 8.09. The molecule has 0 atom stereocenters. The second-order valence-electron chi connectivity index (χ2n) is 4.34. The Morgan fingerprint density at radius 3 is 2.42 bits per heavy atom. The SMILES string of the molecule is CN(CC1CCC1)C(=N)C1CC1. The zero-order valence-electron chi connectivity index (χ0n) is 7.84. The molecule has 1 N–H and O–H groups in total. The highest BCUT2D eigenvalue weighted by Crippen LogP contribution is 2.32. The fraction of sp³-hybridized carbons (Fsp3) is 0.900. The van der Waals surface area contributed by atoms with Gasteiger partial charge in [0.2, 0.25) is 0 Å². The van der Waals surface area contributed by atoms with Crippen LogP contribution in [0.2, 0.25) is 0 Å². The van der Waals surface area contributed by atoms with Crippen LogP contribution in [0.15, 0.2) is 0 Å². The molecule has 2 heteroatoms. The Bertz CT molecular complexity index is 180. The van der Waals surface area contributed by atoms with Crippen LogP contribution < -0.4 is 0 Å². The predicted octanol–water partition coefficient (Wildman–Crippen LogP) is 2.11. The second-order valence-corrected chi connectivity index (χ2v) is 4.34. The van der Waals surface area contributed by atoms with Gasteiger partial charge in [0, 0.05) is 19.5 Å². The van der Waals surface area contributed by atoms with E-state index >= 15 is 0 Å². The molecule has 0 radical (unpaired) electrons. The van der Waals surface area contributed by atoms with Gasteiger partial charge in [0.05, 0.1) is 5.84 Å². The van der Waals surface area contributed by atoms with Crippen LogP contribution in [0, 0.1) is 17.2 Å². The van der Waals surface area contributed by atoms with Crippen molar-refractivity contribution in [1.29, 1.82) is 5.41 Å². The van der Waals surface area contributed by atoms with Crippen molar-refractivity contribution < 1.29 is 0 Å². The first-order valence-electron chi connectivity index (χ1n) is 5.07. The predicted molar refractivity (Wildman–Crippen MR) is 50.4 cm³/mol. The van der Waals surface area contributed by atoms with E-state index in [4.69, 9.17) is 5.41 Å². The lowest BCUT2D eigenvalue weighted by Gasteiger charge is -2.31. The average Bonchev–Trinajstić information content (AvgIpc) is 2.77. The molecule has 0 heterocycles. The Hall–Kier alpha value is -0.530. The van der Waals surface area contributed by atoms with E-state index in [-0.39, 0.29) is 0 Å². The molecule has 2 aliphatic rings. The van der Waals surface area contributed by atoms with Gasteiger partial charge >= 0.3 is 0 Å². The molecule has 0 aliphatic heterocycles. The van der Waals surface area contributed by atoms with Crippen LogP contribution in [0.5, 0.6) is 0 Å². The van der Waals surface area contributed by atoms with E-state index < -0.39 is 0 Å². The molecule has 0 amide bonds. The van der Waals surface area contributed by atoms with Crippen LogP contribution in [0.1, 0.15) is 32.1 Å². The van der Waals surface area contributed by atoms with Gasteiger partial charge in [-0.05, 0) is 31.6 Å². The number of hydrogen-bond donors (Lipinski definition) is 1. The number of amidine groups is 1. The number of hydrogen-bond acceptors (Lipinski definition) is 1. The summed E-state index contributed by atoms with van der Waals surface area (Å²) in [4.78, 5) is 2.17. The largest absolute Gasteiger partial charge is 0.363 e.